The topological polar surface area (TPSA) is 55.1 Å². The summed E-state index contributed by atoms with van der Waals surface area (Å²) < 4.78 is 14.8. The van der Waals surface area contributed by atoms with Crippen molar-refractivity contribution >= 4 is 23.4 Å². The maximum atomic E-state index is 11.9. The van der Waals surface area contributed by atoms with Crippen LogP contribution in [0.4, 0.5) is 0 Å². The molecule has 3 nitrogen and oxygen atoms in total. The number of halogens is 1. The molecule has 0 bridgehead atoms. The zero-order valence-corrected chi connectivity index (χ0v) is 19.2. The first-order chi connectivity index (χ1) is 12.0. The van der Waals surface area contributed by atoms with Crippen LogP contribution in [-0.4, -0.2) is 8.96 Å². The number of nitrogens with two attached hydrogens (primary N) is 1. The predicted molar refractivity (Wildman–Crippen MR) is 122 cm³/mol. The van der Waals surface area contributed by atoms with E-state index in [4.69, 9.17) is 5.73 Å². The Hall–Kier alpha value is -1.20. The van der Waals surface area contributed by atoms with Crippen molar-refractivity contribution in [3.05, 3.63) is 70.8 Å². The van der Waals surface area contributed by atoms with Gasteiger partial charge in [0.2, 0.25) is 0 Å². The summed E-state index contributed by atoms with van der Waals surface area (Å²) in [7, 11) is -1.02. The lowest BCUT2D eigenvalue weighted by Gasteiger charge is -2.22. The van der Waals surface area contributed by atoms with Gasteiger partial charge in [0.25, 0.3) is 0 Å². The van der Waals surface area contributed by atoms with E-state index in [-0.39, 0.29) is 29.2 Å². The smallest absolute Gasteiger partial charge is 0.0975 e. The summed E-state index contributed by atoms with van der Waals surface area (Å²) in [6.07, 6.45) is 0. The van der Waals surface area contributed by atoms with E-state index >= 15 is 0 Å². The molecule has 2 rings (SSSR count). The Morgan fingerprint density at radius 1 is 0.852 bits per heavy atom. The summed E-state index contributed by atoms with van der Waals surface area (Å²) >= 11 is 0. The number of nitrogens with one attached hydrogen (secondary N) is 1. The molecule has 0 aliphatic heterocycles. The van der Waals surface area contributed by atoms with Gasteiger partial charge in [-0.15, -0.1) is 12.4 Å². The lowest BCUT2D eigenvalue weighted by molar-refractivity contribution is 0.616. The normalized spacial score (nSPS) is 14.2. The zero-order chi connectivity index (χ0) is 19.9. The number of aryl methyl sites for hydroxylation is 2. The predicted octanol–water partition coefficient (Wildman–Crippen LogP) is 5.54. The third-order valence-corrected chi connectivity index (χ3v) is 5.70. The Bertz CT molecular complexity index is 692. The van der Waals surface area contributed by atoms with Crippen LogP contribution < -0.4 is 10.5 Å². The molecule has 5 heteroatoms. The maximum Gasteiger partial charge on any atom is 0.0975 e. The number of hydrogen-bond donors (Lipinski definition) is 2. The van der Waals surface area contributed by atoms with Crippen LogP contribution in [0, 0.1) is 13.8 Å². The van der Waals surface area contributed by atoms with Crippen molar-refractivity contribution in [2.45, 2.75) is 65.3 Å². The van der Waals surface area contributed by atoms with Gasteiger partial charge in [-0.3, -0.25) is 0 Å². The van der Waals surface area contributed by atoms with Gasteiger partial charge < -0.3 is 5.73 Å². The quantitative estimate of drug-likeness (QED) is 0.694. The van der Waals surface area contributed by atoms with Gasteiger partial charge in [-0.1, -0.05) is 59.7 Å². The summed E-state index contributed by atoms with van der Waals surface area (Å²) in [6, 6.07) is 16.9. The van der Waals surface area contributed by atoms with Crippen molar-refractivity contribution in [1.82, 2.24) is 4.72 Å². The molecular weight excluding hydrogens is 376 g/mol. The van der Waals surface area contributed by atoms with Crippen molar-refractivity contribution in [2.75, 3.05) is 0 Å². The third kappa shape index (κ3) is 9.52. The van der Waals surface area contributed by atoms with Crippen LogP contribution in [0.1, 0.15) is 69.0 Å². The van der Waals surface area contributed by atoms with E-state index in [1.54, 1.807) is 0 Å². The first-order valence-corrected chi connectivity index (χ1v) is 10.2. The molecule has 2 aromatic rings. The summed E-state index contributed by atoms with van der Waals surface area (Å²) in [5.74, 6) is 0. The highest BCUT2D eigenvalue weighted by atomic mass is 35.5. The van der Waals surface area contributed by atoms with E-state index in [2.05, 4.69) is 67.1 Å². The maximum absolute atomic E-state index is 11.9. The molecule has 0 unspecified atom stereocenters. The van der Waals surface area contributed by atoms with Crippen LogP contribution in [-0.2, 0) is 11.0 Å². The van der Waals surface area contributed by atoms with E-state index in [1.165, 1.54) is 22.3 Å². The van der Waals surface area contributed by atoms with Crippen LogP contribution in [0.3, 0.4) is 0 Å². The lowest BCUT2D eigenvalue weighted by atomic mass is 10.1. The van der Waals surface area contributed by atoms with Crippen LogP contribution >= 0.6 is 12.4 Å². The van der Waals surface area contributed by atoms with Gasteiger partial charge >= 0.3 is 0 Å². The Kier molecular flexibility index (Phi) is 11.1. The van der Waals surface area contributed by atoms with E-state index in [0.29, 0.717) is 0 Å². The summed E-state index contributed by atoms with van der Waals surface area (Å²) in [4.78, 5) is 0. The highest BCUT2D eigenvalue weighted by Gasteiger charge is 2.21. The summed E-state index contributed by atoms with van der Waals surface area (Å²) in [5, 5.41) is 0. The molecule has 0 aliphatic rings. The minimum absolute atomic E-state index is 0. The van der Waals surface area contributed by atoms with Gasteiger partial charge in [0, 0.05) is 12.1 Å². The Morgan fingerprint density at radius 3 is 1.56 bits per heavy atom. The molecule has 0 saturated heterocycles. The fourth-order valence-corrected chi connectivity index (χ4v) is 2.94. The second-order valence-corrected chi connectivity index (χ2v) is 9.83. The molecule has 0 fully saturated rings. The second kappa shape index (κ2) is 11.6. The van der Waals surface area contributed by atoms with Gasteiger partial charge in [-0.2, -0.15) is 0 Å². The first kappa shape index (κ1) is 25.8. The molecule has 2 aromatic carbocycles. The SMILES string of the molecule is Cc1ccc([C@H](C)N)cc1.Cc1ccc([C@H](C)N[S@@](=O)C(C)(C)C)cc1.Cl. The average Bonchev–Trinajstić information content (AvgIpc) is 2.55. The van der Waals surface area contributed by atoms with Gasteiger partial charge in [-0.25, -0.2) is 8.93 Å². The number of benzene rings is 2. The Labute approximate surface area is 174 Å². The minimum Gasteiger partial charge on any atom is -0.324 e. The fraction of sp³-hybridized carbons (Fsp3) is 0.455. The van der Waals surface area contributed by atoms with Gasteiger partial charge in [0.15, 0.2) is 0 Å². The van der Waals surface area contributed by atoms with Crippen LogP contribution in [0.25, 0.3) is 0 Å². The van der Waals surface area contributed by atoms with Crippen molar-refractivity contribution in [1.29, 1.82) is 0 Å². The van der Waals surface area contributed by atoms with Gasteiger partial charge in [0.05, 0.1) is 15.7 Å². The zero-order valence-electron chi connectivity index (χ0n) is 17.6. The van der Waals surface area contributed by atoms with Gasteiger partial charge in [-0.05, 0) is 59.6 Å². The molecule has 3 N–H and O–H groups in total. The largest absolute Gasteiger partial charge is 0.324 e. The molecule has 27 heavy (non-hydrogen) atoms. The van der Waals surface area contributed by atoms with Crippen molar-refractivity contribution in [2.24, 2.45) is 5.73 Å². The van der Waals surface area contributed by atoms with E-state index in [1.807, 2.05) is 34.6 Å². The first-order valence-electron chi connectivity index (χ1n) is 9.07. The summed E-state index contributed by atoms with van der Waals surface area (Å²) in [5.41, 5.74) is 10.6. The van der Waals surface area contributed by atoms with Crippen molar-refractivity contribution in [3.63, 3.8) is 0 Å². The van der Waals surface area contributed by atoms with Crippen LogP contribution in [0.15, 0.2) is 48.5 Å². The number of hydrogen-bond acceptors (Lipinski definition) is 2. The standard InChI is InChI=1S/C13H21NOS.C9H13N.ClH/c1-10-6-8-12(9-7-10)11(2)14-16(15)13(3,4)5;1-7-3-5-9(6-4-7)8(2)10;/h6-9,11,14H,1-5H3;3-6,8H,10H2,1-2H3;1H/t11-,16-;8-;/m00./s1. The molecule has 0 heterocycles. The highest BCUT2D eigenvalue weighted by molar-refractivity contribution is 7.84. The molecule has 0 amide bonds. The van der Waals surface area contributed by atoms with E-state index < -0.39 is 11.0 Å². The van der Waals surface area contributed by atoms with Crippen molar-refractivity contribution in [3.8, 4) is 0 Å². The minimum atomic E-state index is -1.02. The number of rotatable bonds is 4. The average molecular weight is 411 g/mol. The molecule has 0 spiro atoms. The Balaban J connectivity index is 0.000000531. The Morgan fingerprint density at radius 2 is 1.22 bits per heavy atom. The molecule has 3 atom stereocenters. The monoisotopic (exact) mass is 410 g/mol. The van der Waals surface area contributed by atoms with Crippen LogP contribution in [0.5, 0.6) is 0 Å². The van der Waals surface area contributed by atoms with Crippen LogP contribution in [0.2, 0.25) is 0 Å². The molecule has 0 saturated carbocycles. The van der Waals surface area contributed by atoms with Crippen molar-refractivity contribution < 1.29 is 4.21 Å². The lowest BCUT2D eigenvalue weighted by Crippen LogP contribution is -2.34. The molecule has 0 aromatic heterocycles. The third-order valence-electron chi connectivity index (χ3n) is 4.02. The second-order valence-electron chi connectivity index (χ2n) is 7.83. The molecular formula is C22H35ClN2OS. The molecule has 0 radical (unpaired) electrons. The molecule has 0 aliphatic carbocycles. The molecule has 152 valence electrons. The summed E-state index contributed by atoms with van der Waals surface area (Å²) in [6.45, 7) is 14.1. The fourth-order valence-electron chi connectivity index (χ4n) is 2.13. The van der Waals surface area contributed by atoms with E-state index in [0.717, 1.165) is 0 Å². The highest BCUT2D eigenvalue weighted by Crippen LogP contribution is 2.17. The van der Waals surface area contributed by atoms with E-state index in [9.17, 15) is 4.21 Å². The van der Waals surface area contributed by atoms with Gasteiger partial charge in [0.1, 0.15) is 0 Å².